The molecular formula is C12H25N3O. The van der Waals surface area contributed by atoms with Crippen LogP contribution in [0, 0.1) is 0 Å². The average molecular weight is 227 g/mol. The minimum atomic E-state index is -0.763. The van der Waals surface area contributed by atoms with Crippen molar-refractivity contribution in [3.05, 3.63) is 0 Å². The van der Waals surface area contributed by atoms with E-state index in [0.29, 0.717) is 12.1 Å². The molecule has 0 aromatic heterocycles. The van der Waals surface area contributed by atoms with Crippen LogP contribution in [0.25, 0.3) is 0 Å². The highest BCUT2D eigenvalue weighted by atomic mass is 16.2. The van der Waals surface area contributed by atoms with Gasteiger partial charge in [-0.25, -0.2) is 0 Å². The number of hydrogen-bond donors (Lipinski definition) is 1. The lowest BCUT2D eigenvalue weighted by atomic mass is 9.95. The molecular weight excluding hydrogens is 202 g/mol. The maximum Gasteiger partial charge on any atom is 0.242 e. The lowest BCUT2D eigenvalue weighted by molar-refractivity contribution is -0.137. The Hall–Kier alpha value is -0.610. The quantitative estimate of drug-likeness (QED) is 0.754. The molecule has 0 bridgehead atoms. The summed E-state index contributed by atoms with van der Waals surface area (Å²) in [7, 11) is 4.01. The van der Waals surface area contributed by atoms with Gasteiger partial charge in [-0.2, -0.15) is 0 Å². The van der Waals surface area contributed by atoms with Gasteiger partial charge < -0.3 is 15.5 Å². The number of amides is 1. The highest BCUT2D eigenvalue weighted by molar-refractivity contribution is 5.85. The lowest BCUT2D eigenvalue weighted by Crippen LogP contribution is -2.55. The van der Waals surface area contributed by atoms with Crippen LogP contribution in [0.2, 0.25) is 0 Å². The number of carbonyl (C=O) groups excluding carboxylic acids is 1. The van der Waals surface area contributed by atoms with Gasteiger partial charge in [-0.3, -0.25) is 4.79 Å². The second-order valence-electron chi connectivity index (χ2n) is 5.65. The maximum absolute atomic E-state index is 12.0. The second kappa shape index (κ2) is 4.72. The van der Waals surface area contributed by atoms with E-state index in [4.69, 9.17) is 5.73 Å². The number of likely N-dealkylation sites (tertiary alicyclic amines) is 1. The molecule has 1 amide bonds. The zero-order valence-electron chi connectivity index (χ0n) is 11.2. The topological polar surface area (TPSA) is 49.6 Å². The normalized spacial score (nSPS) is 27.9. The van der Waals surface area contributed by atoms with Crippen molar-refractivity contribution in [2.24, 2.45) is 5.73 Å². The highest BCUT2D eigenvalue weighted by Crippen LogP contribution is 2.21. The molecule has 1 saturated heterocycles. The van der Waals surface area contributed by atoms with E-state index in [1.54, 1.807) is 13.8 Å². The Kier molecular flexibility index (Phi) is 3.97. The number of nitrogens with zero attached hydrogens (tertiary/aromatic N) is 2. The predicted octanol–water partition coefficient (Wildman–Crippen LogP) is 0.665. The van der Waals surface area contributed by atoms with Gasteiger partial charge in [0.25, 0.3) is 0 Å². The summed E-state index contributed by atoms with van der Waals surface area (Å²) in [5.74, 6) is 0.0363. The number of piperidine rings is 1. The molecule has 0 aromatic carbocycles. The summed E-state index contributed by atoms with van der Waals surface area (Å²) in [5, 5.41) is 0. The summed E-state index contributed by atoms with van der Waals surface area (Å²) in [5.41, 5.74) is 5.08. The zero-order valence-corrected chi connectivity index (χ0v) is 11.2. The van der Waals surface area contributed by atoms with Gasteiger partial charge in [-0.15, -0.1) is 0 Å². The Balaban J connectivity index is 2.62. The third-order valence-corrected chi connectivity index (χ3v) is 3.60. The van der Waals surface area contributed by atoms with E-state index in [1.807, 2.05) is 11.9 Å². The maximum atomic E-state index is 12.0. The van der Waals surface area contributed by atoms with Crippen LogP contribution >= 0.6 is 0 Å². The first-order valence-corrected chi connectivity index (χ1v) is 6.00. The molecule has 1 fully saturated rings. The molecule has 1 aliphatic heterocycles. The molecule has 2 N–H and O–H groups in total. The minimum Gasteiger partial charge on any atom is -0.341 e. The first-order chi connectivity index (χ1) is 7.23. The molecule has 1 aliphatic rings. The van der Waals surface area contributed by atoms with Crippen LogP contribution in [-0.4, -0.2) is 54.0 Å². The Morgan fingerprint density at radius 1 is 1.50 bits per heavy atom. The lowest BCUT2D eigenvalue weighted by Gasteiger charge is -2.41. The molecule has 94 valence electrons. The Bertz CT molecular complexity index is 259. The monoisotopic (exact) mass is 227 g/mol. The van der Waals surface area contributed by atoms with E-state index < -0.39 is 5.54 Å². The average Bonchev–Trinajstić information content (AvgIpc) is 2.18. The summed E-state index contributed by atoms with van der Waals surface area (Å²) in [6.45, 7) is 6.79. The second-order valence-corrected chi connectivity index (χ2v) is 5.65. The molecule has 0 saturated carbocycles. The van der Waals surface area contributed by atoms with Crippen molar-refractivity contribution in [2.75, 3.05) is 20.6 Å². The molecule has 0 aromatic rings. The molecule has 16 heavy (non-hydrogen) atoms. The van der Waals surface area contributed by atoms with Crippen molar-refractivity contribution < 1.29 is 4.79 Å². The molecule has 4 nitrogen and oxygen atoms in total. The molecule has 0 spiro atoms. The summed E-state index contributed by atoms with van der Waals surface area (Å²) in [4.78, 5) is 16.2. The van der Waals surface area contributed by atoms with Gasteiger partial charge in [-0.1, -0.05) is 0 Å². The van der Waals surface area contributed by atoms with Gasteiger partial charge in [0.05, 0.1) is 5.54 Å². The first-order valence-electron chi connectivity index (χ1n) is 6.00. The first kappa shape index (κ1) is 13.5. The van der Waals surface area contributed by atoms with E-state index in [1.165, 1.54) is 0 Å². The fraction of sp³-hybridized carbons (Fsp3) is 0.917. The fourth-order valence-corrected chi connectivity index (χ4v) is 2.24. The van der Waals surface area contributed by atoms with Crippen molar-refractivity contribution in [1.29, 1.82) is 0 Å². The SMILES string of the molecule is CC1CC(N(C)C(=O)C(C)(C)N)CCN1C. The van der Waals surface area contributed by atoms with Crippen LogP contribution in [0.1, 0.15) is 33.6 Å². The van der Waals surface area contributed by atoms with Crippen LogP contribution in [-0.2, 0) is 4.79 Å². The molecule has 0 radical (unpaired) electrons. The number of likely N-dealkylation sites (N-methyl/N-ethyl adjacent to an activating group) is 1. The Morgan fingerprint density at radius 3 is 2.50 bits per heavy atom. The molecule has 4 heteroatoms. The molecule has 2 atom stereocenters. The van der Waals surface area contributed by atoms with Gasteiger partial charge in [-0.05, 0) is 40.7 Å². The van der Waals surface area contributed by atoms with E-state index in [0.717, 1.165) is 19.4 Å². The Labute approximate surface area is 98.8 Å². The van der Waals surface area contributed by atoms with Crippen molar-refractivity contribution in [3.63, 3.8) is 0 Å². The van der Waals surface area contributed by atoms with E-state index in [-0.39, 0.29) is 5.91 Å². The molecule has 1 heterocycles. The van der Waals surface area contributed by atoms with Gasteiger partial charge in [0.1, 0.15) is 0 Å². The van der Waals surface area contributed by atoms with Crippen LogP contribution in [0.4, 0.5) is 0 Å². The van der Waals surface area contributed by atoms with Crippen LogP contribution in [0.5, 0.6) is 0 Å². The van der Waals surface area contributed by atoms with Crippen molar-refractivity contribution >= 4 is 5.91 Å². The summed E-state index contributed by atoms with van der Waals surface area (Å²) >= 11 is 0. The minimum absolute atomic E-state index is 0.0363. The van der Waals surface area contributed by atoms with Crippen molar-refractivity contribution in [1.82, 2.24) is 9.80 Å². The van der Waals surface area contributed by atoms with E-state index >= 15 is 0 Å². The van der Waals surface area contributed by atoms with Gasteiger partial charge in [0.15, 0.2) is 0 Å². The summed E-state index contributed by atoms with van der Waals surface area (Å²) in [6, 6.07) is 0.872. The number of nitrogens with two attached hydrogens (primary N) is 1. The van der Waals surface area contributed by atoms with Gasteiger partial charge >= 0.3 is 0 Å². The smallest absolute Gasteiger partial charge is 0.242 e. The largest absolute Gasteiger partial charge is 0.341 e. The van der Waals surface area contributed by atoms with E-state index in [9.17, 15) is 4.79 Å². The van der Waals surface area contributed by atoms with Gasteiger partial charge in [0.2, 0.25) is 5.91 Å². The zero-order chi connectivity index (χ0) is 12.5. The standard InChI is InChI=1S/C12H25N3O/c1-9-8-10(6-7-14(9)4)15(5)11(16)12(2,3)13/h9-10H,6-8,13H2,1-5H3. The van der Waals surface area contributed by atoms with Crippen molar-refractivity contribution in [2.45, 2.75) is 51.2 Å². The third-order valence-electron chi connectivity index (χ3n) is 3.60. The highest BCUT2D eigenvalue weighted by Gasteiger charge is 2.33. The number of hydrogen-bond acceptors (Lipinski definition) is 3. The number of carbonyl (C=O) groups is 1. The number of rotatable bonds is 2. The summed E-state index contributed by atoms with van der Waals surface area (Å²) < 4.78 is 0. The van der Waals surface area contributed by atoms with Crippen molar-refractivity contribution in [3.8, 4) is 0 Å². The molecule has 2 unspecified atom stereocenters. The molecule has 1 rings (SSSR count). The third kappa shape index (κ3) is 2.95. The summed E-state index contributed by atoms with van der Waals surface area (Å²) in [6.07, 6.45) is 2.08. The predicted molar refractivity (Wildman–Crippen MR) is 66.2 cm³/mol. The fourth-order valence-electron chi connectivity index (χ4n) is 2.24. The van der Waals surface area contributed by atoms with Crippen LogP contribution in [0.15, 0.2) is 0 Å². The van der Waals surface area contributed by atoms with E-state index in [2.05, 4.69) is 18.9 Å². The Morgan fingerprint density at radius 2 is 2.06 bits per heavy atom. The van der Waals surface area contributed by atoms with Gasteiger partial charge in [0, 0.05) is 25.7 Å². The van der Waals surface area contributed by atoms with Crippen LogP contribution in [0.3, 0.4) is 0 Å². The molecule has 0 aliphatic carbocycles. The van der Waals surface area contributed by atoms with Crippen LogP contribution < -0.4 is 5.73 Å².